The monoisotopic (exact) mass is 138 g/mol. The van der Waals surface area contributed by atoms with Crippen molar-refractivity contribution in [2.75, 3.05) is 0 Å². The van der Waals surface area contributed by atoms with Gasteiger partial charge in [0.15, 0.2) is 0 Å². The first-order chi connectivity index (χ1) is 4.47. The van der Waals surface area contributed by atoms with E-state index in [0.717, 1.165) is 16.7 Å². The topological polar surface area (TPSA) is 0 Å². The first-order valence-corrected chi connectivity index (χ1v) is 4.47. The molecular formula is C10H18. The van der Waals surface area contributed by atoms with E-state index in [2.05, 4.69) is 34.6 Å². The molecule has 2 fully saturated rings. The van der Waals surface area contributed by atoms with E-state index in [9.17, 15) is 0 Å². The van der Waals surface area contributed by atoms with E-state index >= 15 is 0 Å². The zero-order valence-corrected chi connectivity index (χ0v) is 7.78. The van der Waals surface area contributed by atoms with Crippen LogP contribution in [0.1, 0.15) is 41.0 Å². The SMILES string of the molecule is CCC12C(C)C1(C)C2(C)C. The fourth-order valence-electron chi connectivity index (χ4n) is 4.32. The van der Waals surface area contributed by atoms with Crippen molar-refractivity contribution in [3.8, 4) is 0 Å². The standard InChI is InChI=1S/C10H18/c1-6-10-7(2)9(10,5)8(10,3)4/h7H,6H2,1-5H3. The highest BCUT2D eigenvalue weighted by atomic mass is 15.0. The Bertz CT molecular complexity index is 192. The molecule has 0 aromatic heterocycles. The Morgan fingerprint density at radius 3 is 1.70 bits per heavy atom. The molecule has 0 aromatic carbocycles. The van der Waals surface area contributed by atoms with E-state index in [1.54, 1.807) is 0 Å². The lowest BCUT2D eigenvalue weighted by molar-refractivity contribution is 0.248. The smallest absolute Gasteiger partial charge is 0.0150 e. The van der Waals surface area contributed by atoms with E-state index in [1.165, 1.54) is 6.42 Å². The maximum absolute atomic E-state index is 2.46. The van der Waals surface area contributed by atoms with Crippen LogP contribution in [0.5, 0.6) is 0 Å². The molecule has 2 saturated carbocycles. The Morgan fingerprint density at radius 2 is 1.70 bits per heavy atom. The summed E-state index contributed by atoms with van der Waals surface area (Å²) in [4.78, 5) is 0. The number of hydrogen-bond donors (Lipinski definition) is 0. The summed E-state index contributed by atoms with van der Waals surface area (Å²) in [6.45, 7) is 12.1. The molecule has 0 saturated heterocycles. The van der Waals surface area contributed by atoms with Gasteiger partial charge in [0.05, 0.1) is 0 Å². The van der Waals surface area contributed by atoms with Gasteiger partial charge in [-0.3, -0.25) is 0 Å². The summed E-state index contributed by atoms with van der Waals surface area (Å²) >= 11 is 0. The van der Waals surface area contributed by atoms with Gasteiger partial charge in [-0.05, 0) is 28.6 Å². The first kappa shape index (κ1) is 6.69. The predicted octanol–water partition coefficient (Wildman–Crippen LogP) is 3.08. The maximum Gasteiger partial charge on any atom is -0.0150 e. The average molecular weight is 138 g/mol. The fraction of sp³-hybridized carbons (Fsp3) is 1.00. The molecule has 0 N–H and O–H groups in total. The summed E-state index contributed by atoms with van der Waals surface area (Å²) in [5.74, 6) is 1.000. The summed E-state index contributed by atoms with van der Waals surface area (Å²) in [5.41, 5.74) is 2.13. The molecule has 0 radical (unpaired) electrons. The van der Waals surface area contributed by atoms with Gasteiger partial charge in [0.1, 0.15) is 0 Å². The lowest BCUT2D eigenvalue weighted by atomic mass is 9.81. The molecule has 0 aliphatic heterocycles. The van der Waals surface area contributed by atoms with Crippen molar-refractivity contribution >= 4 is 0 Å². The molecule has 2 aliphatic carbocycles. The zero-order chi connectivity index (χ0) is 7.78. The van der Waals surface area contributed by atoms with Crippen molar-refractivity contribution in [1.82, 2.24) is 0 Å². The summed E-state index contributed by atoms with van der Waals surface area (Å²) < 4.78 is 0. The van der Waals surface area contributed by atoms with Gasteiger partial charge in [0, 0.05) is 0 Å². The van der Waals surface area contributed by atoms with Crippen molar-refractivity contribution in [1.29, 1.82) is 0 Å². The Balaban J connectivity index is 2.30. The highest BCUT2D eigenvalue weighted by Crippen LogP contribution is 3.00. The van der Waals surface area contributed by atoms with E-state index in [1.807, 2.05) is 0 Å². The molecule has 0 bridgehead atoms. The van der Waals surface area contributed by atoms with E-state index < -0.39 is 0 Å². The second kappa shape index (κ2) is 1.19. The van der Waals surface area contributed by atoms with Crippen LogP contribution in [0.25, 0.3) is 0 Å². The predicted molar refractivity (Wildman–Crippen MR) is 43.8 cm³/mol. The summed E-state index contributed by atoms with van der Waals surface area (Å²) in [7, 11) is 0. The summed E-state index contributed by atoms with van der Waals surface area (Å²) in [6, 6.07) is 0. The van der Waals surface area contributed by atoms with Crippen molar-refractivity contribution in [3.05, 3.63) is 0 Å². The lowest BCUT2D eigenvalue weighted by Crippen LogP contribution is -2.17. The van der Waals surface area contributed by atoms with Crippen molar-refractivity contribution in [3.63, 3.8) is 0 Å². The molecule has 2 rings (SSSR count). The number of rotatable bonds is 1. The highest BCUT2D eigenvalue weighted by Gasteiger charge is 2.96. The van der Waals surface area contributed by atoms with Crippen molar-refractivity contribution in [2.24, 2.45) is 22.2 Å². The second-order valence-electron chi connectivity index (χ2n) is 4.87. The molecular weight excluding hydrogens is 120 g/mol. The van der Waals surface area contributed by atoms with Crippen LogP contribution in [0.4, 0.5) is 0 Å². The lowest BCUT2D eigenvalue weighted by Gasteiger charge is -2.23. The molecule has 10 heavy (non-hydrogen) atoms. The number of hydrogen-bond acceptors (Lipinski definition) is 0. The molecule has 3 unspecified atom stereocenters. The molecule has 0 heteroatoms. The van der Waals surface area contributed by atoms with Crippen LogP contribution in [0.3, 0.4) is 0 Å². The van der Waals surface area contributed by atoms with Crippen LogP contribution < -0.4 is 0 Å². The molecule has 0 amide bonds. The van der Waals surface area contributed by atoms with Crippen LogP contribution in [-0.4, -0.2) is 0 Å². The van der Waals surface area contributed by atoms with E-state index in [-0.39, 0.29) is 0 Å². The number of fused-ring (bicyclic) bond motifs is 1. The molecule has 0 spiro atoms. The van der Waals surface area contributed by atoms with E-state index in [4.69, 9.17) is 0 Å². The maximum atomic E-state index is 2.46. The van der Waals surface area contributed by atoms with Crippen molar-refractivity contribution < 1.29 is 0 Å². The first-order valence-electron chi connectivity index (χ1n) is 4.47. The Hall–Kier alpha value is 0. The molecule has 2 aliphatic rings. The van der Waals surface area contributed by atoms with Gasteiger partial charge in [0.25, 0.3) is 0 Å². The van der Waals surface area contributed by atoms with Gasteiger partial charge >= 0.3 is 0 Å². The minimum atomic E-state index is 0.661. The molecule has 58 valence electrons. The van der Waals surface area contributed by atoms with Crippen molar-refractivity contribution in [2.45, 2.75) is 41.0 Å². The largest absolute Gasteiger partial charge is 0.0648 e. The second-order valence-corrected chi connectivity index (χ2v) is 4.87. The third-order valence-electron chi connectivity index (χ3n) is 5.36. The molecule has 3 atom stereocenters. The summed E-state index contributed by atoms with van der Waals surface area (Å²) in [6.07, 6.45) is 1.39. The minimum absolute atomic E-state index is 0.661. The van der Waals surface area contributed by atoms with Crippen LogP contribution in [-0.2, 0) is 0 Å². The molecule has 0 nitrogen and oxygen atoms in total. The third kappa shape index (κ3) is 0.271. The van der Waals surface area contributed by atoms with Gasteiger partial charge in [0.2, 0.25) is 0 Å². The van der Waals surface area contributed by atoms with Gasteiger partial charge in [-0.15, -0.1) is 0 Å². The third-order valence-corrected chi connectivity index (χ3v) is 5.36. The minimum Gasteiger partial charge on any atom is -0.0648 e. The average Bonchev–Trinajstić information content (AvgIpc) is 2.51. The Labute approximate surface area is 64.0 Å². The van der Waals surface area contributed by atoms with Crippen LogP contribution in [0.15, 0.2) is 0 Å². The molecule has 0 heterocycles. The summed E-state index contributed by atoms with van der Waals surface area (Å²) in [5, 5.41) is 0. The Kier molecular flexibility index (Phi) is 0.797. The normalized spacial score (nSPS) is 61.5. The van der Waals surface area contributed by atoms with E-state index in [0.29, 0.717) is 5.41 Å². The Morgan fingerprint density at radius 1 is 1.20 bits per heavy atom. The van der Waals surface area contributed by atoms with Gasteiger partial charge in [-0.1, -0.05) is 34.6 Å². The van der Waals surface area contributed by atoms with Crippen LogP contribution >= 0.6 is 0 Å². The fourth-order valence-corrected chi connectivity index (χ4v) is 4.32. The zero-order valence-electron chi connectivity index (χ0n) is 7.78. The van der Waals surface area contributed by atoms with Gasteiger partial charge in [-0.2, -0.15) is 0 Å². The van der Waals surface area contributed by atoms with Crippen LogP contribution in [0, 0.1) is 22.2 Å². The quantitative estimate of drug-likeness (QED) is 0.522. The van der Waals surface area contributed by atoms with Gasteiger partial charge < -0.3 is 0 Å². The van der Waals surface area contributed by atoms with Crippen LogP contribution in [0.2, 0.25) is 0 Å². The highest BCUT2D eigenvalue weighted by molar-refractivity contribution is 5.43. The van der Waals surface area contributed by atoms with Gasteiger partial charge in [-0.25, -0.2) is 0 Å². The molecule has 0 aromatic rings.